The van der Waals surface area contributed by atoms with Crippen molar-refractivity contribution in [3.05, 3.63) is 59.2 Å². The molecule has 0 radical (unpaired) electrons. The van der Waals surface area contributed by atoms with E-state index in [-0.39, 0.29) is 0 Å². The average Bonchev–Trinajstić information content (AvgIpc) is 2.75. The Morgan fingerprint density at radius 2 is 1.47 bits per heavy atom. The number of aryl methyl sites for hydroxylation is 1. The van der Waals surface area contributed by atoms with Crippen molar-refractivity contribution in [1.29, 1.82) is 0 Å². The van der Waals surface area contributed by atoms with Crippen molar-refractivity contribution >= 4 is 0 Å². The summed E-state index contributed by atoms with van der Waals surface area (Å²) < 4.78 is 12.2. The van der Waals surface area contributed by atoms with Crippen LogP contribution >= 0.6 is 0 Å². The second-order valence-corrected chi connectivity index (χ2v) is 8.18. The zero-order valence-electron chi connectivity index (χ0n) is 19.3. The molecule has 0 aliphatic carbocycles. The molecule has 2 aromatic carbocycles. The van der Waals surface area contributed by atoms with Crippen molar-refractivity contribution in [3.8, 4) is 11.5 Å². The molecule has 30 heavy (non-hydrogen) atoms. The van der Waals surface area contributed by atoms with Crippen LogP contribution in [0.25, 0.3) is 0 Å². The highest BCUT2D eigenvalue weighted by Crippen LogP contribution is 2.26. The Morgan fingerprint density at radius 1 is 0.733 bits per heavy atom. The van der Waals surface area contributed by atoms with Gasteiger partial charge in [-0.05, 0) is 31.4 Å². The van der Waals surface area contributed by atoms with Crippen LogP contribution in [0.4, 0.5) is 0 Å². The highest BCUT2D eigenvalue weighted by atomic mass is 16.5. The van der Waals surface area contributed by atoms with Gasteiger partial charge >= 0.3 is 0 Å². The first-order chi connectivity index (χ1) is 14.7. The first-order valence-electron chi connectivity index (χ1n) is 11.9. The van der Waals surface area contributed by atoms with Gasteiger partial charge in [-0.1, -0.05) is 88.3 Å². The van der Waals surface area contributed by atoms with E-state index in [4.69, 9.17) is 9.47 Å². The molecule has 0 heterocycles. The number of rotatable bonds is 16. The van der Waals surface area contributed by atoms with Gasteiger partial charge in [-0.2, -0.15) is 0 Å². The fourth-order valence-corrected chi connectivity index (χ4v) is 3.50. The second-order valence-electron chi connectivity index (χ2n) is 8.18. The van der Waals surface area contributed by atoms with E-state index in [0.29, 0.717) is 0 Å². The zero-order valence-corrected chi connectivity index (χ0v) is 19.3. The molecule has 0 saturated carbocycles. The smallest absolute Gasteiger partial charge is 0.127 e. The molecule has 2 aromatic rings. The van der Waals surface area contributed by atoms with E-state index < -0.39 is 0 Å². The van der Waals surface area contributed by atoms with E-state index in [0.717, 1.165) is 50.6 Å². The summed E-state index contributed by atoms with van der Waals surface area (Å²) in [7, 11) is 0. The van der Waals surface area contributed by atoms with Crippen LogP contribution in [0.1, 0.15) is 81.9 Å². The quantitative estimate of drug-likeness (QED) is 0.296. The summed E-state index contributed by atoms with van der Waals surface area (Å²) in [4.78, 5) is 0. The SMILES string of the molecule is CCCCCCOc1ccc(CNCc2cccc(C)c2)c(OCCCCCC)c1. The number of unbranched alkanes of at least 4 members (excludes halogenated alkanes) is 6. The topological polar surface area (TPSA) is 30.5 Å². The summed E-state index contributed by atoms with van der Waals surface area (Å²) in [6, 6.07) is 14.9. The Balaban J connectivity index is 1.91. The minimum Gasteiger partial charge on any atom is -0.493 e. The molecule has 0 aliphatic rings. The molecule has 2 rings (SSSR count). The molecule has 0 saturated heterocycles. The Hall–Kier alpha value is -2.00. The van der Waals surface area contributed by atoms with Crippen LogP contribution in [0.3, 0.4) is 0 Å². The lowest BCUT2D eigenvalue weighted by Crippen LogP contribution is -2.14. The van der Waals surface area contributed by atoms with Gasteiger partial charge in [0.25, 0.3) is 0 Å². The van der Waals surface area contributed by atoms with Crippen LogP contribution in [0.15, 0.2) is 42.5 Å². The van der Waals surface area contributed by atoms with Gasteiger partial charge in [-0.3, -0.25) is 0 Å². The number of nitrogens with one attached hydrogen (secondary N) is 1. The Bertz CT molecular complexity index is 714. The van der Waals surface area contributed by atoms with Crippen LogP contribution in [0.5, 0.6) is 11.5 Å². The predicted octanol–water partition coefficient (Wildman–Crippen LogP) is 7.20. The molecule has 3 heteroatoms. The summed E-state index contributed by atoms with van der Waals surface area (Å²) in [5, 5.41) is 3.56. The van der Waals surface area contributed by atoms with E-state index >= 15 is 0 Å². The minimum atomic E-state index is 0.769. The van der Waals surface area contributed by atoms with Gasteiger partial charge in [0.1, 0.15) is 11.5 Å². The van der Waals surface area contributed by atoms with Gasteiger partial charge in [0.2, 0.25) is 0 Å². The van der Waals surface area contributed by atoms with E-state index in [2.05, 4.69) is 68.6 Å². The summed E-state index contributed by atoms with van der Waals surface area (Å²) >= 11 is 0. The third-order valence-electron chi connectivity index (χ3n) is 5.29. The van der Waals surface area contributed by atoms with Gasteiger partial charge in [-0.25, -0.2) is 0 Å². The highest BCUT2D eigenvalue weighted by molar-refractivity contribution is 5.41. The average molecular weight is 412 g/mol. The maximum atomic E-state index is 6.17. The lowest BCUT2D eigenvalue weighted by atomic mass is 10.1. The van der Waals surface area contributed by atoms with Crippen LogP contribution in [0.2, 0.25) is 0 Å². The van der Waals surface area contributed by atoms with E-state index in [1.165, 1.54) is 55.2 Å². The van der Waals surface area contributed by atoms with Crippen LogP contribution in [0, 0.1) is 6.92 Å². The highest BCUT2D eigenvalue weighted by Gasteiger charge is 2.07. The molecule has 166 valence electrons. The molecule has 0 aromatic heterocycles. The minimum absolute atomic E-state index is 0.769. The molecule has 0 fully saturated rings. The number of hydrogen-bond acceptors (Lipinski definition) is 3. The number of ether oxygens (including phenoxy) is 2. The van der Waals surface area contributed by atoms with Crippen molar-refractivity contribution in [3.63, 3.8) is 0 Å². The fraction of sp³-hybridized carbons (Fsp3) is 0.556. The Kier molecular flexibility index (Phi) is 12.1. The molecule has 0 spiro atoms. The molecule has 1 N–H and O–H groups in total. The third-order valence-corrected chi connectivity index (χ3v) is 5.29. The Labute approximate surface area is 184 Å². The monoisotopic (exact) mass is 411 g/mol. The van der Waals surface area contributed by atoms with Gasteiger partial charge in [-0.15, -0.1) is 0 Å². The lowest BCUT2D eigenvalue weighted by molar-refractivity contribution is 0.288. The summed E-state index contributed by atoms with van der Waals surface area (Å²) in [5.74, 6) is 1.87. The normalized spacial score (nSPS) is 10.9. The van der Waals surface area contributed by atoms with Crippen molar-refractivity contribution < 1.29 is 9.47 Å². The summed E-state index contributed by atoms with van der Waals surface area (Å²) in [5.41, 5.74) is 3.80. The predicted molar refractivity (Wildman–Crippen MR) is 127 cm³/mol. The lowest BCUT2D eigenvalue weighted by Gasteiger charge is -2.15. The van der Waals surface area contributed by atoms with Crippen molar-refractivity contribution in [2.45, 2.75) is 85.2 Å². The molecule has 0 bridgehead atoms. The van der Waals surface area contributed by atoms with Gasteiger partial charge in [0, 0.05) is 24.7 Å². The van der Waals surface area contributed by atoms with Gasteiger partial charge < -0.3 is 14.8 Å². The van der Waals surface area contributed by atoms with Gasteiger partial charge in [0.05, 0.1) is 13.2 Å². The zero-order chi connectivity index (χ0) is 21.4. The first kappa shape index (κ1) is 24.3. The van der Waals surface area contributed by atoms with E-state index in [9.17, 15) is 0 Å². The van der Waals surface area contributed by atoms with Crippen molar-refractivity contribution in [2.24, 2.45) is 0 Å². The van der Waals surface area contributed by atoms with E-state index in [1.807, 2.05) is 0 Å². The van der Waals surface area contributed by atoms with Crippen LogP contribution in [-0.2, 0) is 13.1 Å². The Morgan fingerprint density at radius 3 is 2.17 bits per heavy atom. The first-order valence-corrected chi connectivity index (χ1v) is 11.9. The van der Waals surface area contributed by atoms with Crippen LogP contribution in [-0.4, -0.2) is 13.2 Å². The van der Waals surface area contributed by atoms with Crippen molar-refractivity contribution in [2.75, 3.05) is 13.2 Å². The molecule has 3 nitrogen and oxygen atoms in total. The van der Waals surface area contributed by atoms with Gasteiger partial charge in [0.15, 0.2) is 0 Å². The molecule has 0 aliphatic heterocycles. The molecule has 0 amide bonds. The molecule has 0 atom stereocenters. The van der Waals surface area contributed by atoms with Crippen LogP contribution < -0.4 is 14.8 Å². The number of hydrogen-bond donors (Lipinski definition) is 1. The third kappa shape index (κ3) is 9.67. The number of benzene rings is 2. The summed E-state index contributed by atoms with van der Waals surface area (Å²) in [6.45, 7) is 9.79. The fourth-order valence-electron chi connectivity index (χ4n) is 3.50. The second kappa shape index (κ2) is 14.9. The molecular weight excluding hydrogens is 370 g/mol. The maximum Gasteiger partial charge on any atom is 0.127 e. The van der Waals surface area contributed by atoms with E-state index in [1.54, 1.807) is 0 Å². The standard InChI is InChI=1S/C27H41NO2/c1-4-6-8-10-17-29-26-16-15-25(27(20-26)30-18-11-9-7-5-2)22-28-21-24-14-12-13-23(3)19-24/h12-16,19-20,28H,4-11,17-18,21-22H2,1-3H3. The van der Waals surface area contributed by atoms with Crippen molar-refractivity contribution in [1.82, 2.24) is 5.32 Å². The molecular formula is C27H41NO2. The molecule has 0 unspecified atom stereocenters. The largest absolute Gasteiger partial charge is 0.493 e. The summed E-state index contributed by atoms with van der Waals surface area (Å²) in [6.07, 6.45) is 9.72. The maximum absolute atomic E-state index is 6.17.